The first-order chi connectivity index (χ1) is 9.85. The van der Waals surface area contributed by atoms with Gasteiger partial charge in [0.15, 0.2) is 0 Å². The Hall–Kier alpha value is -2.01. The summed E-state index contributed by atoms with van der Waals surface area (Å²) in [7, 11) is 1.65. The Morgan fingerprint density at radius 1 is 1.15 bits per heavy atom. The zero-order valence-electron chi connectivity index (χ0n) is 11.8. The number of para-hydroxylation sites is 1. The number of rotatable bonds is 3. The third-order valence-corrected chi connectivity index (χ3v) is 3.38. The first-order valence-electron chi connectivity index (χ1n) is 6.76. The molecule has 4 heteroatoms. The maximum Gasteiger partial charge on any atom is 0.107 e. The molecule has 1 heterocycles. The Balaban J connectivity index is 1.89. The zero-order chi connectivity index (χ0) is 14.2. The van der Waals surface area contributed by atoms with Crippen LogP contribution in [-0.2, 0) is 4.74 Å². The van der Waals surface area contributed by atoms with Crippen LogP contribution in [0.3, 0.4) is 0 Å². The summed E-state index contributed by atoms with van der Waals surface area (Å²) in [6.07, 6.45) is 0. The summed E-state index contributed by atoms with van der Waals surface area (Å²) in [4.78, 5) is 4.60. The van der Waals surface area contributed by atoms with Crippen LogP contribution < -0.4 is 4.90 Å². The van der Waals surface area contributed by atoms with E-state index in [4.69, 9.17) is 10.00 Å². The molecule has 0 atom stereocenters. The van der Waals surface area contributed by atoms with Crippen LogP contribution in [-0.4, -0.2) is 51.3 Å². The van der Waals surface area contributed by atoms with Crippen molar-refractivity contribution in [1.29, 1.82) is 5.26 Å². The van der Waals surface area contributed by atoms with Crippen LogP contribution in [0.4, 0.5) is 5.69 Å². The van der Waals surface area contributed by atoms with Gasteiger partial charge in [-0.05, 0) is 12.1 Å². The largest absolute Gasteiger partial charge is 0.372 e. The number of hydrogen-bond acceptors (Lipinski definition) is 4. The highest BCUT2D eigenvalue weighted by atomic mass is 16.5. The van der Waals surface area contributed by atoms with Gasteiger partial charge < -0.3 is 9.64 Å². The molecule has 1 aromatic carbocycles. The normalized spacial score (nSPS) is 15.3. The third kappa shape index (κ3) is 3.74. The van der Waals surface area contributed by atoms with E-state index in [1.165, 1.54) is 0 Å². The molecule has 0 unspecified atom stereocenters. The molecular weight excluding hydrogens is 250 g/mol. The molecule has 0 radical (unpaired) electrons. The molecule has 0 amide bonds. The molecule has 0 N–H and O–H groups in total. The van der Waals surface area contributed by atoms with Crippen LogP contribution in [0, 0.1) is 23.2 Å². The second-order valence-corrected chi connectivity index (χ2v) is 4.68. The van der Waals surface area contributed by atoms with E-state index in [1.54, 1.807) is 7.11 Å². The van der Waals surface area contributed by atoms with Gasteiger partial charge in [0.05, 0.1) is 17.8 Å². The van der Waals surface area contributed by atoms with Gasteiger partial charge in [-0.2, -0.15) is 5.26 Å². The molecule has 1 aliphatic heterocycles. The Kier molecular flexibility index (Phi) is 5.43. The molecule has 0 aromatic heterocycles. The summed E-state index contributed by atoms with van der Waals surface area (Å²) in [5.41, 5.74) is 1.79. The van der Waals surface area contributed by atoms with Gasteiger partial charge in [-0.3, -0.25) is 4.90 Å². The minimum absolute atomic E-state index is 0.496. The minimum atomic E-state index is 0.496. The third-order valence-electron chi connectivity index (χ3n) is 3.38. The lowest BCUT2D eigenvalue weighted by atomic mass is 10.1. The second-order valence-electron chi connectivity index (χ2n) is 4.68. The van der Waals surface area contributed by atoms with E-state index in [1.807, 2.05) is 24.3 Å². The highest BCUT2D eigenvalue weighted by molar-refractivity contribution is 5.59. The minimum Gasteiger partial charge on any atom is -0.372 e. The average molecular weight is 269 g/mol. The first kappa shape index (κ1) is 14.4. The fourth-order valence-corrected chi connectivity index (χ4v) is 2.28. The summed E-state index contributed by atoms with van der Waals surface area (Å²) >= 11 is 0. The Morgan fingerprint density at radius 2 is 1.90 bits per heavy atom. The molecule has 0 saturated carbocycles. The molecule has 1 saturated heterocycles. The van der Waals surface area contributed by atoms with E-state index in [2.05, 4.69) is 27.7 Å². The first-order valence-corrected chi connectivity index (χ1v) is 6.76. The molecule has 20 heavy (non-hydrogen) atoms. The van der Waals surface area contributed by atoms with Crippen molar-refractivity contribution in [2.75, 3.05) is 51.3 Å². The van der Waals surface area contributed by atoms with Gasteiger partial charge in [-0.1, -0.05) is 24.0 Å². The highest BCUT2D eigenvalue weighted by Gasteiger charge is 2.18. The SMILES string of the molecule is COCC#CCN1CCN(c2ccccc2C#N)CC1. The van der Waals surface area contributed by atoms with Gasteiger partial charge in [-0.15, -0.1) is 0 Å². The molecule has 2 rings (SSSR count). The number of benzene rings is 1. The summed E-state index contributed by atoms with van der Waals surface area (Å²) in [5, 5.41) is 9.15. The average Bonchev–Trinajstić information content (AvgIpc) is 2.52. The van der Waals surface area contributed by atoms with E-state index < -0.39 is 0 Å². The Morgan fingerprint density at radius 3 is 2.60 bits per heavy atom. The maximum atomic E-state index is 9.15. The predicted octanol–water partition coefficient (Wildman–Crippen LogP) is 1.33. The summed E-state index contributed by atoms with van der Waals surface area (Å²) in [6.45, 7) is 5.10. The number of nitriles is 1. The fraction of sp³-hybridized carbons (Fsp3) is 0.438. The summed E-state index contributed by atoms with van der Waals surface area (Å²) < 4.78 is 4.90. The lowest BCUT2D eigenvalue weighted by Crippen LogP contribution is -2.46. The number of nitrogens with zero attached hydrogens (tertiary/aromatic N) is 3. The Labute approximate surface area is 120 Å². The van der Waals surface area contributed by atoms with E-state index in [0.717, 1.165) is 44.0 Å². The summed E-state index contributed by atoms with van der Waals surface area (Å²) in [6, 6.07) is 10.0. The monoisotopic (exact) mass is 269 g/mol. The van der Waals surface area contributed by atoms with Crippen LogP contribution in [0.15, 0.2) is 24.3 Å². The van der Waals surface area contributed by atoms with Gasteiger partial charge in [0.1, 0.15) is 12.7 Å². The van der Waals surface area contributed by atoms with Gasteiger partial charge >= 0.3 is 0 Å². The topological polar surface area (TPSA) is 39.5 Å². The van der Waals surface area contributed by atoms with Gasteiger partial charge in [-0.25, -0.2) is 0 Å². The number of methoxy groups -OCH3 is 1. The van der Waals surface area contributed by atoms with Crippen molar-refractivity contribution in [3.8, 4) is 17.9 Å². The smallest absolute Gasteiger partial charge is 0.107 e. The molecule has 0 spiro atoms. The zero-order valence-corrected chi connectivity index (χ0v) is 11.8. The lowest BCUT2D eigenvalue weighted by Gasteiger charge is -2.35. The molecule has 104 valence electrons. The van der Waals surface area contributed by atoms with Crippen LogP contribution in [0.1, 0.15) is 5.56 Å². The van der Waals surface area contributed by atoms with Gasteiger partial charge in [0.2, 0.25) is 0 Å². The molecule has 1 aliphatic rings. The van der Waals surface area contributed by atoms with Crippen molar-refractivity contribution in [2.24, 2.45) is 0 Å². The molecule has 1 aromatic rings. The maximum absolute atomic E-state index is 9.15. The predicted molar refractivity (Wildman–Crippen MR) is 79.5 cm³/mol. The number of anilines is 1. The van der Waals surface area contributed by atoms with Crippen LogP contribution in [0.2, 0.25) is 0 Å². The molecule has 1 fully saturated rings. The fourth-order valence-electron chi connectivity index (χ4n) is 2.28. The quantitative estimate of drug-likeness (QED) is 0.776. The van der Waals surface area contributed by atoms with Crippen molar-refractivity contribution in [3.05, 3.63) is 29.8 Å². The standard InChI is InChI=1S/C16H19N3O/c1-20-13-5-4-8-18-9-11-19(12-10-18)16-7-3-2-6-15(16)14-17/h2-3,6-7H,8-13H2,1H3. The van der Waals surface area contributed by atoms with Crippen LogP contribution in [0.25, 0.3) is 0 Å². The van der Waals surface area contributed by atoms with E-state index in [-0.39, 0.29) is 0 Å². The molecular formula is C16H19N3O. The second kappa shape index (κ2) is 7.55. The van der Waals surface area contributed by atoms with Crippen molar-refractivity contribution in [2.45, 2.75) is 0 Å². The highest BCUT2D eigenvalue weighted by Crippen LogP contribution is 2.20. The number of hydrogen-bond donors (Lipinski definition) is 0. The summed E-state index contributed by atoms with van der Waals surface area (Å²) in [5.74, 6) is 6.09. The van der Waals surface area contributed by atoms with E-state index >= 15 is 0 Å². The molecule has 0 aliphatic carbocycles. The van der Waals surface area contributed by atoms with Crippen molar-refractivity contribution >= 4 is 5.69 Å². The Bertz CT molecular complexity index is 531. The lowest BCUT2D eigenvalue weighted by molar-refractivity contribution is 0.239. The molecule has 0 bridgehead atoms. The van der Waals surface area contributed by atoms with Crippen molar-refractivity contribution < 1.29 is 4.74 Å². The van der Waals surface area contributed by atoms with Gasteiger partial charge in [0, 0.05) is 33.3 Å². The van der Waals surface area contributed by atoms with Crippen molar-refractivity contribution in [1.82, 2.24) is 4.90 Å². The number of piperazine rings is 1. The van der Waals surface area contributed by atoms with Crippen LogP contribution >= 0.6 is 0 Å². The van der Waals surface area contributed by atoms with Crippen LogP contribution in [0.5, 0.6) is 0 Å². The number of ether oxygens (including phenoxy) is 1. The van der Waals surface area contributed by atoms with Crippen molar-refractivity contribution in [3.63, 3.8) is 0 Å². The molecule has 4 nitrogen and oxygen atoms in total. The van der Waals surface area contributed by atoms with Gasteiger partial charge in [0.25, 0.3) is 0 Å². The van der Waals surface area contributed by atoms with E-state index in [0.29, 0.717) is 6.61 Å². The van der Waals surface area contributed by atoms with E-state index in [9.17, 15) is 0 Å².